The van der Waals surface area contributed by atoms with E-state index in [0.717, 1.165) is 0 Å². The fourth-order valence-electron chi connectivity index (χ4n) is 2.20. The first kappa shape index (κ1) is 13.1. The van der Waals surface area contributed by atoms with Crippen LogP contribution < -0.4 is 16.0 Å². The Kier molecular flexibility index (Phi) is 3.05. The molecule has 0 spiro atoms. The third kappa shape index (κ3) is 2.10. The molecule has 108 valence electrons. The lowest BCUT2D eigenvalue weighted by Crippen LogP contribution is -2.25. The van der Waals surface area contributed by atoms with Crippen molar-refractivity contribution in [3.63, 3.8) is 0 Å². The predicted octanol–water partition coefficient (Wildman–Crippen LogP) is 0.715. The standard InChI is InChI=1S/C13H14N6O2/c1-7(11-16-13(14)18-17-11)19-6-15-8-4-3-5-9(21-2)10(8)12(19)20/h3-7H,1-2H3,(H3,14,16,17,18). The first-order valence-corrected chi connectivity index (χ1v) is 6.33. The Labute approximate surface area is 119 Å². The normalized spacial score (nSPS) is 12.5. The number of nitrogens with zero attached hydrogens (tertiary/aromatic N) is 4. The van der Waals surface area contributed by atoms with Crippen molar-refractivity contribution in [2.75, 3.05) is 12.8 Å². The molecule has 0 aliphatic rings. The molecule has 0 aliphatic carbocycles. The van der Waals surface area contributed by atoms with Crippen molar-refractivity contribution >= 4 is 16.9 Å². The number of hydrogen-bond donors (Lipinski definition) is 2. The Morgan fingerprint density at radius 1 is 1.43 bits per heavy atom. The number of fused-ring (bicyclic) bond motifs is 1. The van der Waals surface area contributed by atoms with Gasteiger partial charge in [-0.05, 0) is 19.1 Å². The van der Waals surface area contributed by atoms with Gasteiger partial charge in [0.2, 0.25) is 5.95 Å². The van der Waals surface area contributed by atoms with Crippen LogP contribution in [0.1, 0.15) is 18.8 Å². The summed E-state index contributed by atoms with van der Waals surface area (Å²) in [4.78, 5) is 21.0. The van der Waals surface area contributed by atoms with E-state index in [1.165, 1.54) is 18.0 Å². The Morgan fingerprint density at radius 2 is 2.24 bits per heavy atom. The summed E-state index contributed by atoms with van der Waals surface area (Å²) >= 11 is 0. The van der Waals surface area contributed by atoms with E-state index in [4.69, 9.17) is 10.5 Å². The molecule has 0 aliphatic heterocycles. The minimum Gasteiger partial charge on any atom is -0.496 e. The van der Waals surface area contributed by atoms with Crippen LogP contribution in [0.5, 0.6) is 5.75 Å². The number of ether oxygens (including phenoxy) is 1. The number of anilines is 1. The Balaban J connectivity index is 2.20. The van der Waals surface area contributed by atoms with Gasteiger partial charge in [-0.25, -0.2) is 4.98 Å². The first-order valence-electron chi connectivity index (χ1n) is 6.33. The van der Waals surface area contributed by atoms with Crippen LogP contribution in [-0.4, -0.2) is 31.8 Å². The van der Waals surface area contributed by atoms with Gasteiger partial charge in [0.25, 0.3) is 5.56 Å². The third-order valence-corrected chi connectivity index (χ3v) is 3.33. The highest BCUT2D eigenvalue weighted by Crippen LogP contribution is 2.21. The number of rotatable bonds is 3. The molecule has 0 saturated heterocycles. The molecule has 1 unspecified atom stereocenters. The van der Waals surface area contributed by atoms with Gasteiger partial charge < -0.3 is 10.5 Å². The number of aromatic amines is 1. The van der Waals surface area contributed by atoms with E-state index in [1.807, 2.05) is 6.92 Å². The third-order valence-electron chi connectivity index (χ3n) is 3.33. The van der Waals surface area contributed by atoms with Crippen LogP contribution in [0, 0.1) is 0 Å². The van der Waals surface area contributed by atoms with Gasteiger partial charge in [-0.15, -0.1) is 5.10 Å². The van der Waals surface area contributed by atoms with Gasteiger partial charge in [-0.1, -0.05) is 6.07 Å². The average molecular weight is 286 g/mol. The highest BCUT2D eigenvalue weighted by Gasteiger charge is 2.17. The summed E-state index contributed by atoms with van der Waals surface area (Å²) in [5, 5.41) is 6.91. The van der Waals surface area contributed by atoms with Gasteiger partial charge >= 0.3 is 0 Å². The lowest BCUT2D eigenvalue weighted by atomic mass is 10.2. The average Bonchev–Trinajstić information content (AvgIpc) is 2.93. The summed E-state index contributed by atoms with van der Waals surface area (Å²) in [5.74, 6) is 1.12. The van der Waals surface area contributed by atoms with Gasteiger partial charge in [0.15, 0.2) is 0 Å². The number of methoxy groups -OCH3 is 1. The summed E-state index contributed by atoms with van der Waals surface area (Å²) in [6, 6.07) is 4.91. The second-order valence-corrected chi connectivity index (χ2v) is 4.57. The van der Waals surface area contributed by atoms with Crippen molar-refractivity contribution in [2.45, 2.75) is 13.0 Å². The minimum atomic E-state index is -0.371. The second kappa shape index (κ2) is 4.89. The molecule has 21 heavy (non-hydrogen) atoms. The van der Waals surface area contributed by atoms with Crippen LogP contribution in [0.4, 0.5) is 5.95 Å². The molecule has 0 saturated carbocycles. The molecule has 8 nitrogen and oxygen atoms in total. The highest BCUT2D eigenvalue weighted by molar-refractivity contribution is 5.83. The van der Waals surface area contributed by atoms with Crippen molar-refractivity contribution in [3.8, 4) is 5.75 Å². The zero-order valence-corrected chi connectivity index (χ0v) is 11.6. The molecule has 1 atom stereocenters. The molecule has 1 aromatic carbocycles. The van der Waals surface area contributed by atoms with Crippen molar-refractivity contribution in [1.82, 2.24) is 24.7 Å². The van der Waals surface area contributed by atoms with E-state index in [-0.39, 0.29) is 17.5 Å². The van der Waals surface area contributed by atoms with E-state index < -0.39 is 0 Å². The van der Waals surface area contributed by atoms with Crippen LogP contribution >= 0.6 is 0 Å². The summed E-state index contributed by atoms with van der Waals surface area (Å²) in [6.07, 6.45) is 1.48. The molecule has 3 N–H and O–H groups in total. The van der Waals surface area contributed by atoms with Crippen molar-refractivity contribution in [2.24, 2.45) is 0 Å². The fourth-order valence-corrected chi connectivity index (χ4v) is 2.20. The zero-order valence-electron chi connectivity index (χ0n) is 11.6. The van der Waals surface area contributed by atoms with E-state index in [2.05, 4.69) is 20.2 Å². The summed E-state index contributed by atoms with van der Waals surface area (Å²) in [5.41, 5.74) is 5.87. The molecule has 8 heteroatoms. The molecular formula is C13H14N6O2. The number of H-pyrrole nitrogens is 1. The molecule has 0 amide bonds. The number of nitrogen functional groups attached to an aromatic ring is 1. The monoisotopic (exact) mass is 286 g/mol. The summed E-state index contributed by atoms with van der Waals surface area (Å²) in [6.45, 7) is 1.81. The smallest absolute Gasteiger partial charge is 0.265 e. The lowest BCUT2D eigenvalue weighted by Gasteiger charge is -2.13. The molecule has 2 aromatic heterocycles. The predicted molar refractivity (Wildman–Crippen MR) is 77.2 cm³/mol. The van der Waals surface area contributed by atoms with Crippen LogP contribution in [0.15, 0.2) is 29.3 Å². The SMILES string of the molecule is COc1cccc2ncn(C(C)c3nc(N)n[nH]3)c(=O)c12. The quantitative estimate of drug-likeness (QED) is 0.733. The van der Waals surface area contributed by atoms with Gasteiger partial charge in [0.05, 0.1) is 25.0 Å². The van der Waals surface area contributed by atoms with Crippen molar-refractivity contribution in [3.05, 3.63) is 40.7 Å². The van der Waals surface area contributed by atoms with Crippen LogP contribution in [0.2, 0.25) is 0 Å². The van der Waals surface area contributed by atoms with Crippen LogP contribution in [0.25, 0.3) is 10.9 Å². The Hall–Kier alpha value is -2.90. The van der Waals surface area contributed by atoms with E-state index >= 15 is 0 Å². The van der Waals surface area contributed by atoms with Gasteiger partial charge in [-0.3, -0.25) is 14.5 Å². The molecule has 3 aromatic rings. The number of nitrogens with two attached hydrogens (primary N) is 1. The number of benzene rings is 1. The maximum atomic E-state index is 12.7. The van der Waals surface area contributed by atoms with Gasteiger partial charge in [-0.2, -0.15) is 4.98 Å². The summed E-state index contributed by atoms with van der Waals surface area (Å²) < 4.78 is 6.71. The van der Waals surface area contributed by atoms with E-state index in [1.54, 1.807) is 18.2 Å². The maximum absolute atomic E-state index is 12.7. The zero-order chi connectivity index (χ0) is 15.0. The van der Waals surface area contributed by atoms with Gasteiger partial charge in [0, 0.05) is 0 Å². The topological polar surface area (TPSA) is 112 Å². The van der Waals surface area contributed by atoms with E-state index in [9.17, 15) is 4.79 Å². The minimum absolute atomic E-state index is 0.135. The van der Waals surface area contributed by atoms with Crippen molar-refractivity contribution < 1.29 is 4.74 Å². The largest absolute Gasteiger partial charge is 0.496 e. The molecule has 0 bridgehead atoms. The first-order chi connectivity index (χ1) is 10.1. The molecule has 3 rings (SSSR count). The van der Waals surface area contributed by atoms with E-state index in [0.29, 0.717) is 22.5 Å². The van der Waals surface area contributed by atoms with Crippen molar-refractivity contribution in [1.29, 1.82) is 0 Å². The van der Waals surface area contributed by atoms with Gasteiger partial charge in [0.1, 0.15) is 17.0 Å². The Morgan fingerprint density at radius 3 is 2.90 bits per heavy atom. The molecular weight excluding hydrogens is 272 g/mol. The molecule has 0 radical (unpaired) electrons. The number of aromatic nitrogens is 5. The Bertz CT molecular complexity index is 853. The number of nitrogens with one attached hydrogen (secondary N) is 1. The van der Waals surface area contributed by atoms with Crippen LogP contribution in [0.3, 0.4) is 0 Å². The number of hydrogen-bond acceptors (Lipinski definition) is 6. The second-order valence-electron chi connectivity index (χ2n) is 4.57. The molecule has 0 fully saturated rings. The highest BCUT2D eigenvalue weighted by atomic mass is 16.5. The van der Waals surface area contributed by atoms with Crippen LogP contribution in [-0.2, 0) is 0 Å². The fraction of sp³-hybridized carbons (Fsp3) is 0.231. The molecule has 2 heterocycles. The lowest BCUT2D eigenvalue weighted by molar-refractivity contribution is 0.418. The summed E-state index contributed by atoms with van der Waals surface area (Å²) in [7, 11) is 1.52. The maximum Gasteiger partial charge on any atom is 0.265 e.